The lowest BCUT2D eigenvalue weighted by molar-refractivity contribution is 0.0955. The maximum absolute atomic E-state index is 12.0. The van der Waals surface area contributed by atoms with Crippen LogP contribution in [0.15, 0.2) is 46.7 Å². The van der Waals surface area contributed by atoms with Crippen molar-refractivity contribution in [1.82, 2.24) is 10.3 Å². The van der Waals surface area contributed by atoms with Crippen molar-refractivity contribution < 1.29 is 4.79 Å². The Morgan fingerprint density at radius 2 is 2.14 bits per heavy atom. The highest BCUT2D eigenvalue weighted by atomic mass is 32.1. The lowest BCUT2D eigenvalue weighted by atomic mass is 10.1. The molecular weight excluding hydrogens is 300 g/mol. The first-order chi connectivity index (χ1) is 10.2. The van der Waals surface area contributed by atoms with Crippen LogP contribution in [-0.4, -0.2) is 10.9 Å². The van der Waals surface area contributed by atoms with Crippen LogP contribution in [0, 0.1) is 6.92 Å². The number of rotatable bonds is 4. The summed E-state index contributed by atoms with van der Waals surface area (Å²) >= 11 is 3.13. The minimum absolute atomic E-state index is 0.0333. The molecular formula is C16H14N2OS2. The van der Waals surface area contributed by atoms with Gasteiger partial charge in [0.1, 0.15) is 0 Å². The quantitative estimate of drug-likeness (QED) is 0.787. The van der Waals surface area contributed by atoms with Gasteiger partial charge in [0.2, 0.25) is 0 Å². The summed E-state index contributed by atoms with van der Waals surface area (Å²) in [6.45, 7) is 2.47. The number of aryl methyl sites for hydroxylation is 1. The van der Waals surface area contributed by atoms with E-state index in [0.717, 1.165) is 27.1 Å². The van der Waals surface area contributed by atoms with E-state index in [2.05, 4.69) is 27.8 Å². The van der Waals surface area contributed by atoms with E-state index in [9.17, 15) is 4.79 Å². The number of hydrogen-bond acceptors (Lipinski definition) is 4. The lowest BCUT2D eigenvalue weighted by Crippen LogP contribution is -2.21. The van der Waals surface area contributed by atoms with Crippen LogP contribution < -0.4 is 5.32 Å². The summed E-state index contributed by atoms with van der Waals surface area (Å²) < 4.78 is 0. The highest BCUT2D eigenvalue weighted by Crippen LogP contribution is 2.22. The third-order valence-corrected chi connectivity index (χ3v) is 4.79. The molecule has 3 rings (SSSR count). The van der Waals surface area contributed by atoms with Crippen molar-refractivity contribution in [2.45, 2.75) is 13.5 Å². The molecule has 3 aromatic heterocycles. The number of hydrogen-bond donors (Lipinski definition) is 1. The lowest BCUT2D eigenvalue weighted by Gasteiger charge is -2.05. The van der Waals surface area contributed by atoms with Crippen LogP contribution >= 0.6 is 22.7 Å². The van der Waals surface area contributed by atoms with Gasteiger partial charge in [-0.3, -0.25) is 9.78 Å². The third-order valence-electron chi connectivity index (χ3n) is 3.06. The monoisotopic (exact) mass is 314 g/mol. The number of carbonyl (C=O) groups excluding carboxylic acids is 1. The first kappa shape index (κ1) is 14.0. The van der Waals surface area contributed by atoms with Crippen LogP contribution in [0.4, 0.5) is 0 Å². The molecule has 0 aliphatic heterocycles. The average molecular weight is 314 g/mol. The summed E-state index contributed by atoms with van der Waals surface area (Å²) in [6, 6.07) is 6.04. The van der Waals surface area contributed by atoms with Crippen molar-refractivity contribution in [3.05, 3.63) is 62.7 Å². The van der Waals surface area contributed by atoms with Crippen LogP contribution in [0.5, 0.6) is 0 Å². The molecule has 0 spiro atoms. The first-order valence-corrected chi connectivity index (χ1v) is 8.34. The van der Waals surface area contributed by atoms with E-state index in [0.29, 0.717) is 6.54 Å². The summed E-state index contributed by atoms with van der Waals surface area (Å²) in [5.74, 6) is -0.0333. The Morgan fingerprint density at radius 3 is 2.86 bits per heavy atom. The molecule has 0 bridgehead atoms. The number of nitrogens with one attached hydrogen (secondary N) is 1. The maximum atomic E-state index is 12.0. The van der Waals surface area contributed by atoms with E-state index in [1.807, 2.05) is 29.9 Å². The van der Waals surface area contributed by atoms with Gasteiger partial charge in [-0.15, -0.1) is 11.3 Å². The molecule has 3 aromatic rings. The van der Waals surface area contributed by atoms with Crippen molar-refractivity contribution in [3.63, 3.8) is 0 Å². The second-order valence-corrected chi connectivity index (χ2v) is 6.46. The fraction of sp³-hybridized carbons (Fsp3) is 0.125. The molecule has 0 aliphatic rings. The zero-order valence-corrected chi connectivity index (χ0v) is 13.1. The Morgan fingerprint density at radius 1 is 1.24 bits per heavy atom. The Labute approximate surface area is 131 Å². The van der Waals surface area contributed by atoms with Crippen molar-refractivity contribution in [2.24, 2.45) is 0 Å². The van der Waals surface area contributed by atoms with Gasteiger partial charge in [-0.05, 0) is 58.0 Å². The van der Waals surface area contributed by atoms with Crippen molar-refractivity contribution in [2.75, 3.05) is 0 Å². The van der Waals surface area contributed by atoms with Gasteiger partial charge in [0.05, 0.1) is 4.88 Å². The Kier molecular flexibility index (Phi) is 4.13. The summed E-state index contributed by atoms with van der Waals surface area (Å²) in [5, 5.41) is 9.05. The van der Waals surface area contributed by atoms with E-state index >= 15 is 0 Å². The smallest absolute Gasteiger partial charge is 0.261 e. The summed E-state index contributed by atoms with van der Waals surface area (Å²) in [6.07, 6.45) is 3.63. The fourth-order valence-corrected chi connectivity index (χ4v) is 3.47. The van der Waals surface area contributed by atoms with Crippen molar-refractivity contribution >= 4 is 28.6 Å². The normalized spacial score (nSPS) is 10.5. The molecule has 21 heavy (non-hydrogen) atoms. The molecule has 0 aromatic carbocycles. The van der Waals surface area contributed by atoms with E-state index in [1.165, 1.54) is 11.3 Å². The number of pyridine rings is 1. The zero-order valence-electron chi connectivity index (χ0n) is 11.5. The number of amides is 1. The Bertz CT molecular complexity index is 747. The van der Waals surface area contributed by atoms with E-state index in [-0.39, 0.29) is 5.91 Å². The van der Waals surface area contributed by atoms with Crippen molar-refractivity contribution in [3.8, 4) is 11.1 Å². The number of aromatic nitrogens is 1. The second-order valence-electron chi connectivity index (χ2n) is 4.76. The number of thiophene rings is 2. The molecule has 0 saturated carbocycles. The predicted octanol–water partition coefficient (Wildman–Crippen LogP) is 4.11. The van der Waals surface area contributed by atoms with E-state index in [1.54, 1.807) is 17.5 Å². The van der Waals surface area contributed by atoms with Gasteiger partial charge in [0, 0.05) is 24.5 Å². The highest BCUT2D eigenvalue weighted by molar-refractivity contribution is 7.12. The summed E-state index contributed by atoms with van der Waals surface area (Å²) in [7, 11) is 0. The summed E-state index contributed by atoms with van der Waals surface area (Å²) in [5.41, 5.74) is 4.36. The molecule has 0 atom stereocenters. The van der Waals surface area contributed by atoms with Crippen LogP contribution in [-0.2, 0) is 6.54 Å². The van der Waals surface area contributed by atoms with E-state index < -0.39 is 0 Å². The molecule has 0 fully saturated rings. The minimum Gasteiger partial charge on any atom is -0.347 e. The summed E-state index contributed by atoms with van der Waals surface area (Å²) in [4.78, 5) is 17.0. The minimum atomic E-state index is -0.0333. The first-order valence-electron chi connectivity index (χ1n) is 6.52. The van der Waals surface area contributed by atoms with Gasteiger partial charge < -0.3 is 5.32 Å². The highest BCUT2D eigenvalue weighted by Gasteiger charge is 2.08. The van der Waals surface area contributed by atoms with Gasteiger partial charge in [0.25, 0.3) is 5.91 Å². The molecule has 0 radical (unpaired) electrons. The molecule has 0 saturated heterocycles. The molecule has 3 nitrogen and oxygen atoms in total. The van der Waals surface area contributed by atoms with Gasteiger partial charge in [-0.25, -0.2) is 0 Å². The van der Waals surface area contributed by atoms with E-state index in [4.69, 9.17) is 0 Å². The maximum Gasteiger partial charge on any atom is 0.261 e. The van der Waals surface area contributed by atoms with Crippen LogP contribution in [0.2, 0.25) is 0 Å². The van der Waals surface area contributed by atoms with Crippen LogP contribution in [0.3, 0.4) is 0 Å². The molecule has 106 valence electrons. The standard InChI is InChI=1S/C16H14N2OS2/c1-11-4-15(21-9-11)16(19)18-7-12-5-14(8-17-6-12)13-2-3-20-10-13/h2-6,8-10H,7H2,1H3,(H,18,19). The number of nitrogens with zero attached hydrogens (tertiary/aromatic N) is 1. The molecule has 0 unspecified atom stereocenters. The van der Waals surface area contributed by atoms with Crippen LogP contribution in [0.1, 0.15) is 20.8 Å². The third kappa shape index (κ3) is 3.37. The Balaban J connectivity index is 1.68. The zero-order chi connectivity index (χ0) is 14.7. The topological polar surface area (TPSA) is 42.0 Å². The Hall–Kier alpha value is -1.98. The fourth-order valence-electron chi connectivity index (χ4n) is 1.99. The van der Waals surface area contributed by atoms with Crippen molar-refractivity contribution in [1.29, 1.82) is 0 Å². The van der Waals surface area contributed by atoms with Gasteiger partial charge in [-0.2, -0.15) is 11.3 Å². The number of carbonyl (C=O) groups is 1. The van der Waals surface area contributed by atoms with Crippen LogP contribution in [0.25, 0.3) is 11.1 Å². The second kappa shape index (κ2) is 6.20. The molecule has 1 N–H and O–H groups in total. The molecule has 3 heterocycles. The SMILES string of the molecule is Cc1csc(C(=O)NCc2cncc(-c3ccsc3)c2)c1. The largest absolute Gasteiger partial charge is 0.347 e. The predicted molar refractivity (Wildman–Crippen MR) is 87.8 cm³/mol. The molecule has 5 heteroatoms. The average Bonchev–Trinajstić information content (AvgIpc) is 3.16. The van der Waals surface area contributed by atoms with Gasteiger partial charge in [-0.1, -0.05) is 0 Å². The van der Waals surface area contributed by atoms with Gasteiger partial charge in [0.15, 0.2) is 0 Å². The molecule has 0 aliphatic carbocycles. The molecule has 1 amide bonds. The van der Waals surface area contributed by atoms with Gasteiger partial charge >= 0.3 is 0 Å².